The number of hydrogen-bond acceptors (Lipinski definition) is 5. The van der Waals surface area contributed by atoms with Gasteiger partial charge in [-0.1, -0.05) is 0 Å². The van der Waals surface area contributed by atoms with E-state index in [4.69, 9.17) is 8.92 Å². The second-order valence-electron chi connectivity index (χ2n) is 4.06. The monoisotopic (exact) mass is 233 g/mol. The Hall–Kier alpha value is -0.660. The highest BCUT2D eigenvalue weighted by Gasteiger charge is 2.53. The zero-order chi connectivity index (χ0) is 10.6. The zero-order valence-electron chi connectivity index (χ0n) is 7.87. The molecule has 84 valence electrons. The van der Waals surface area contributed by atoms with E-state index in [2.05, 4.69) is 0 Å². The highest BCUT2D eigenvalue weighted by atomic mass is 32.2. The van der Waals surface area contributed by atoms with Crippen molar-refractivity contribution in [2.45, 2.75) is 18.2 Å². The lowest BCUT2D eigenvalue weighted by atomic mass is 9.87. The minimum atomic E-state index is -1.34. The highest BCUT2D eigenvalue weighted by Crippen LogP contribution is 2.35. The number of cyclic esters (lactones) is 1. The van der Waals surface area contributed by atoms with Crippen LogP contribution in [0.4, 0.5) is 4.79 Å². The molecule has 15 heavy (non-hydrogen) atoms. The van der Waals surface area contributed by atoms with Gasteiger partial charge in [-0.15, -0.1) is 0 Å². The first-order chi connectivity index (χ1) is 7.16. The number of nitrogens with zero attached hydrogens (tertiary/aromatic N) is 1. The molecule has 1 unspecified atom stereocenters. The van der Waals surface area contributed by atoms with E-state index in [9.17, 15) is 14.1 Å². The second-order valence-corrected chi connectivity index (χ2v) is 5.19. The number of fused-ring (bicyclic) bond motifs is 3. The van der Waals surface area contributed by atoms with E-state index in [0.717, 1.165) is 0 Å². The minimum absolute atomic E-state index is 0.0685. The number of aliphatic hydroxyl groups is 1. The maximum Gasteiger partial charge on any atom is 0.410 e. The number of hydrogen-bond donors (Lipinski definition) is 1. The Labute approximate surface area is 88.8 Å². The van der Waals surface area contributed by atoms with Crippen LogP contribution in [0.1, 0.15) is 0 Å². The van der Waals surface area contributed by atoms with Crippen molar-refractivity contribution < 1.29 is 23.0 Å². The molecule has 0 saturated carbocycles. The highest BCUT2D eigenvalue weighted by molar-refractivity contribution is 7.80. The molecule has 0 bridgehead atoms. The third-order valence-electron chi connectivity index (χ3n) is 3.24. The van der Waals surface area contributed by atoms with Crippen LogP contribution in [0.25, 0.3) is 0 Å². The molecule has 1 N–H and O–H groups in total. The first-order valence-corrected chi connectivity index (χ1v) is 6.08. The van der Waals surface area contributed by atoms with Crippen LogP contribution in [0.5, 0.6) is 0 Å². The Morgan fingerprint density at radius 3 is 3.13 bits per heavy atom. The van der Waals surface area contributed by atoms with Gasteiger partial charge in [0.1, 0.15) is 12.7 Å². The minimum Gasteiger partial charge on any atom is -0.447 e. The maximum absolute atomic E-state index is 11.3. The molecule has 0 aromatic carbocycles. The van der Waals surface area contributed by atoms with Crippen molar-refractivity contribution in [1.29, 1.82) is 0 Å². The molecule has 6 nitrogen and oxygen atoms in total. The number of amides is 1. The van der Waals surface area contributed by atoms with E-state index >= 15 is 0 Å². The molecule has 3 saturated heterocycles. The van der Waals surface area contributed by atoms with E-state index in [1.165, 1.54) is 4.90 Å². The predicted octanol–water partition coefficient (Wildman–Crippen LogP) is -1.14. The van der Waals surface area contributed by atoms with Gasteiger partial charge in [0.25, 0.3) is 0 Å². The molecule has 3 aliphatic heterocycles. The normalized spacial score (nSPS) is 48.7. The van der Waals surface area contributed by atoms with Crippen molar-refractivity contribution in [2.24, 2.45) is 5.92 Å². The van der Waals surface area contributed by atoms with Crippen LogP contribution in [0.2, 0.25) is 0 Å². The van der Waals surface area contributed by atoms with Crippen LogP contribution in [-0.2, 0) is 20.0 Å². The largest absolute Gasteiger partial charge is 0.447 e. The summed E-state index contributed by atoms with van der Waals surface area (Å²) in [4.78, 5) is 12.8. The van der Waals surface area contributed by atoms with E-state index in [0.29, 0.717) is 12.4 Å². The van der Waals surface area contributed by atoms with Gasteiger partial charge in [0.05, 0.1) is 24.4 Å². The van der Waals surface area contributed by atoms with Crippen molar-refractivity contribution in [3.63, 3.8) is 0 Å². The fourth-order valence-corrected chi connectivity index (χ4v) is 3.82. The van der Waals surface area contributed by atoms with Crippen LogP contribution >= 0.6 is 0 Å². The zero-order valence-corrected chi connectivity index (χ0v) is 8.68. The van der Waals surface area contributed by atoms with Crippen molar-refractivity contribution in [3.8, 4) is 0 Å². The number of rotatable bonds is 0. The summed E-state index contributed by atoms with van der Waals surface area (Å²) in [6.07, 6.45) is -1.57. The number of aliphatic hydroxyl groups excluding tert-OH is 1. The molecule has 3 fully saturated rings. The lowest BCUT2D eigenvalue weighted by molar-refractivity contribution is -0.0397. The molecular weight excluding hydrogens is 222 g/mol. The van der Waals surface area contributed by atoms with Crippen molar-refractivity contribution in [3.05, 3.63) is 0 Å². The van der Waals surface area contributed by atoms with Gasteiger partial charge in [-0.25, -0.2) is 9.00 Å². The fraction of sp³-hybridized carbons (Fsp3) is 0.875. The van der Waals surface area contributed by atoms with Crippen molar-refractivity contribution in [2.75, 3.05) is 18.9 Å². The van der Waals surface area contributed by atoms with E-state index in [1.54, 1.807) is 0 Å². The third-order valence-corrected chi connectivity index (χ3v) is 4.33. The molecule has 3 rings (SSSR count). The molecule has 3 heterocycles. The fourth-order valence-electron chi connectivity index (χ4n) is 2.50. The molecule has 0 spiro atoms. The lowest BCUT2D eigenvalue weighted by Gasteiger charge is -2.37. The standard InChI is InChI=1S/C8H11NO5S/c10-6-1-9-5(2-13-8(9)11)4-3-15(12)14-7(4)6/h4-7,10H,1-3H2/t4-,5+,6-,7-,15?/m0/s1. The lowest BCUT2D eigenvalue weighted by Crippen LogP contribution is -2.56. The topological polar surface area (TPSA) is 76.1 Å². The van der Waals surface area contributed by atoms with Gasteiger partial charge >= 0.3 is 6.09 Å². The quantitative estimate of drug-likeness (QED) is 0.572. The molecule has 0 aromatic rings. The Kier molecular flexibility index (Phi) is 2.02. The van der Waals surface area contributed by atoms with Gasteiger partial charge < -0.3 is 9.84 Å². The summed E-state index contributed by atoms with van der Waals surface area (Å²) in [7, 11) is 0. The first kappa shape index (κ1) is 9.56. The molecule has 0 aromatic heterocycles. The van der Waals surface area contributed by atoms with Crippen LogP contribution in [0, 0.1) is 5.92 Å². The Morgan fingerprint density at radius 1 is 1.53 bits per heavy atom. The summed E-state index contributed by atoms with van der Waals surface area (Å²) in [6, 6.07) is -0.0858. The molecular formula is C8H11NO5S. The third kappa shape index (κ3) is 1.30. The first-order valence-electron chi connectivity index (χ1n) is 4.84. The Balaban J connectivity index is 1.90. The summed E-state index contributed by atoms with van der Waals surface area (Å²) >= 11 is -1.34. The van der Waals surface area contributed by atoms with Crippen LogP contribution in [0.15, 0.2) is 0 Å². The van der Waals surface area contributed by atoms with E-state index < -0.39 is 29.4 Å². The van der Waals surface area contributed by atoms with Crippen molar-refractivity contribution >= 4 is 17.2 Å². The van der Waals surface area contributed by atoms with Crippen molar-refractivity contribution in [1.82, 2.24) is 4.90 Å². The molecule has 0 aliphatic carbocycles. The van der Waals surface area contributed by atoms with Crippen LogP contribution in [-0.4, -0.2) is 57.5 Å². The maximum atomic E-state index is 11.3. The van der Waals surface area contributed by atoms with E-state index in [1.807, 2.05) is 0 Å². The number of carbonyl (C=O) groups excluding carboxylic acids is 1. The summed E-state index contributed by atoms with van der Waals surface area (Å²) in [5.74, 6) is 0.306. The Bertz CT molecular complexity index is 335. The average molecular weight is 233 g/mol. The van der Waals surface area contributed by atoms with Crippen LogP contribution in [0.3, 0.4) is 0 Å². The molecule has 0 radical (unpaired) electrons. The van der Waals surface area contributed by atoms with Gasteiger partial charge in [0, 0.05) is 5.92 Å². The van der Waals surface area contributed by atoms with Crippen LogP contribution < -0.4 is 0 Å². The number of piperidine rings is 1. The average Bonchev–Trinajstić information content (AvgIpc) is 2.71. The SMILES string of the molecule is O=C1OC[C@@H]2[C@@H]3CS(=O)O[C@@H]3[C@@H](O)CN12. The number of ether oxygens (including phenoxy) is 1. The van der Waals surface area contributed by atoms with Gasteiger partial charge in [0.15, 0.2) is 11.1 Å². The summed E-state index contributed by atoms with van der Waals surface area (Å²) in [6.45, 7) is 0.523. The summed E-state index contributed by atoms with van der Waals surface area (Å²) < 4.78 is 21.3. The number of carbonyl (C=O) groups is 1. The van der Waals surface area contributed by atoms with Gasteiger partial charge in [-0.05, 0) is 0 Å². The van der Waals surface area contributed by atoms with E-state index in [-0.39, 0.29) is 18.5 Å². The predicted molar refractivity (Wildman–Crippen MR) is 49.2 cm³/mol. The molecule has 1 amide bonds. The molecule has 5 atom stereocenters. The summed E-state index contributed by atoms with van der Waals surface area (Å²) in [5, 5.41) is 9.75. The van der Waals surface area contributed by atoms with Gasteiger partial charge in [-0.3, -0.25) is 9.08 Å². The van der Waals surface area contributed by atoms with Gasteiger partial charge in [0.2, 0.25) is 0 Å². The van der Waals surface area contributed by atoms with Gasteiger partial charge in [-0.2, -0.15) is 0 Å². The molecule has 3 aliphatic rings. The second kappa shape index (κ2) is 3.16. The smallest absolute Gasteiger partial charge is 0.410 e. The Morgan fingerprint density at radius 2 is 2.33 bits per heavy atom. The summed E-state index contributed by atoms with van der Waals surface area (Å²) in [5.41, 5.74) is 0. The molecule has 7 heteroatoms.